The molecule has 2 aromatic carbocycles. The molecule has 0 bridgehead atoms. The van der Waals surface area contributed by atoms with Crippen LogP contribution in [0.5, 0.6) is 5.75 Å². The summed E-state index contributed by atoms with van der Waals surface area (Å²) in [5.41, 5.74) is 1.12. The Kier molecular flexibility index (Phi) is 6.23. The first-order chi connectivity index (χ1) is 11.6. The van der Waals surface area contributed by atoms with Crippen LogP contribution in [0.15, 0.2) is 60.3 Å². The second-order valence-electron chi connectivity index (χ2n) is 4.71. The number of anilines is 2. The van der Waals surface area contributed by atoms with Crippen LogP contribution in [0.2, 0.25) is 5.02 Å². The molecule has 0 aromatic heterocycles. The first-order valence-corrected chi connectivity index (χ1v) is 7.67. The molecule has 0 unspecified atom stereocenters. The summed E-state index contributed by atoms with van der Waals surface area (Å²) in [6.45, 7) is 2.46. The van der Waals surface area contributed by atoms with Crippen molar-refractivity contribution in [1.29, 1.82) is 5.26 Å². The molecule has 122 valence electrons. The maximum absolute atomic E-state index is 12.2. The molecule has 0 radical (unpaired) electrons. The highest BCUT2D eigenvalue weighted by Gasteiger charge is 2.09. The summed E-state index contributed by atoms with van der Waals surface area (Å²) in [7, 11) is 0. The van der Waals surface area contributed by atoms with Crippen LogP contribution in [0, 0.1) is 11.3 Å². The van der Waals surface area contributed by atoms with Crippen molar-refractivity contribution in [2.45, 2.75) is 6.92 Å². The SMILES string of the molecule is CCOc1ccc(NC(=O)/C(C#N)=C\Nc2ccccc2Cl)cc1. The zero-order valence-corrected chi connectivity index (χ0v) is 13.8. The quantitative estimate of drug-likeness (QED) is 0.610. The highest BCUT2D eigenvalue weighted by molar-refractivity contribution is 6.33. The summed E-state index contributed by atoms with van der Waals surface area (Å²) in [6, 6.07) is 15.8. The van der Waals surface area contributed by atoms with Crippen molar-refractivity contribution in [3.8, 4) is 11.8 Å². The van der Waals surface area contributed by atoms with Gasteiger partial charge in [0.15, 0.2) is 0 Å². The van der Waals surface area contributed by atoms with E-state index in [-0.39, 0.29) is 5.57 Å². The fourth-order valence-electron chi connectivity index (χ4n) is 1.88. The summed E-state index contributed by atoms with van der Waals surface area (Å²) in [5, 5.41) is 15.2. The Morgan fingerprint density at radius 2 is 1.96 bits per heavy atom. The number of carbonyl (C=O) groups excluding carboxylic acids is 1. The number of nitrogens with zero attached hydrogens (tertiary/aromatic N) is 1. The zero-order valence-electron chi connectivity index (χ0n) is 13.0. The van der Waals surface area contributed by atoms with E-state index in [1.165, 1.54) is 6.20 Å². The predicted molar refractivity (Wildman–Crippen MR) is 95.0 cm³/mol. The molecule has 0 saturated heterocycles. The van der Waals surface area contributed by atoms with Crippen LogP contribution in [0.25, 0.3) is 0 Å². The number of hydrogen-bond donors (Lipinski definition) is 2. The number of amides is 1. The third-order valence-corrected chi connectivity index (χ3v) is 3.36. The number of nitrogens with one attached hydrogen (secondary N) is 2. The summed E-state index contributed by atoms with van der Waals surface area (Å²) in [5.74, 6) is 0.202. The zero-order chi connectivity index (χ0) is 17.4. The molecule has 0 spiro atoms. The molecule has 0 fully saturated rings. The van der Waals surface area contributed by atoms with Gasteiger partial charge in [-0.15, -0.1) is 0 Å². The summed E-state index contributed by atoms with van der Waals surface area (Å²) >= 11 is 6.01. The van der Waals surface area contributed by atoms with E-state index in [4.69, 9.17) is 21.6 Å². The van der Waals surface area contributed by atoms with Gasteiger partial charge in [0, 0.05) is 11.9 Å². The van der Waals surface area contributed by atoms with Gasteiger partial charge in [-0.25, -0.2) is 0 Å². The van der Waals surface area contributed by atoms with E-state index < -0.39 is 5.91 Å². The molecule has 0 aliphatic carbocycles. The van der Waals surface area contributed by atoms with E-state index in [0.717, 1.165) is 0 Å². The Bertz CT molecular complexity index is 780. The van der Waals surface area contributed by atoms with Crippen molar-refractivity contribution in [1.82, 2.24) is 0 Å². The number of hydrogen-bond acceptors (Lipinski definition) is 4. The third-order valence-electron chi connectivity index (χ3n) is 3.03. The van der Waals surface area contributed by atoms with Gasteiger partial charge in [0.2, 0.25) is 0 Å². The minimum absolute atomic E-state index is 0.0659. The van der Waals surface area contributed by atoms with Gasteiger partial charge in [0.05, 0.1) is 17.3 Å². The molecule has 0 saturated carbocycles. The van der Waals surface area contributed by atoms with E-state index in [9.17, 15) is 4.79 Å². The monoisotopic (exact) mass is 341 g/mol. The van der Waals surface area contributed by atoms with Gasteiger partial charge < -0.3 is 15.4 Å². The highest BCUT2D eigenvalue weighted by Crippen LogP contribution is 2.21. The topological polar surface area (TPSA) is 74.1 Å². The largest absolute Gasteiger partial charge is 0.494 e. The normalized spacial score (nSPS) is 10.6. The number of nitriles is 1. The van der Waals surface area contributed by atoms with Crippen molar-refractivity contribution in [3.05, 3.63) is 65.3 Å². The molecule has 5 nitrogen and oxygen atoms in total. The van der Waals surface area contributed by atoms with Gasteiger partial charge in [-0.1, -0.05) is 23.7 Å². The molecule has 1 amide bonds. The van der Waals surface area contributed by atoms with Crippen LogP contribution in [0.1, 0.15) is 6.92 Å². The fraction of sp³-hybridized carbons (Fsp3) is 0.111. The van der Waals surface area contributed by atoms with Crippen molar-refractivity contribution in [2.75, 3.05) is 17.2 Å². The molecule has 6 heteroatoms. The lowest BCUT2D eigenvalue weighted by Gasteiger charge is -2.07. The molecule has 0 aliphatic heterocycles. The smallest absolute Gasteiger partial charge is 0.267 e. The van der Waals surface area contributed by atoms with E-state index in [0.29, 0.717) is 28.8 Å². The predicted octanol–water partition coefficient (Wildman–Crippen LogP) is 4.20. The van der Waals surface area contributed by atoms with E-state index in [1.807, 2.05) is 13.0 Å². The first-order valence-electron chi connectivity index (χ1n) is 7.29. The number of ether oxygens (including phenoxy) is 1. The first kappa shape index (κ1) is 17.4. The van der Waals surface area contributed by atoms with Crippen molar-refractivity contribution in [3.63, 3.8) is 0 Å². The Labute approximate surface area is 145 Å². The minimum Gasteiger partial charge on any atom is -0.494 e. The Balaban J connectivity index is 2.04. The fourth-order valence-corrected chi connectivity index (χ4v) is 2.07. The molecular formula is C18H16ClN3O2. The lowest BCUT2D eigenvalue weighted by atomic mass is 10.2. The number of benzene rings is 2. The van der Waals surface area contributed by atoms with Crippen LogP contribution in [0.3, 0.4) is 0 Å². The Morgan fingerprint density at radius 1 is 1.25 bits per heavy atom. The maximum atomic E-state index is 12.2. The average Bonchev–Trinajstić information content (AvgIpc) is 2.59. The Morgan fingerprint density at radius 3 is 2.58 bits per heavy atom. The standard InChI is InChI=1S/C18H16ClN3O2/c1-2-24-15-9-7-14(8-10-15)22-18(23)13(11-20)12-21-17-6-4-3-5-16(17)19/h3-10,12,21H,2H2,1H3,(H,22,23)/b13-12-. The average molecular weight is 342 g/mol. The number of halogens is 1. The lowest BCUT2D eigenvalue weighted by molar-refractivity contribution is -0.112. The van der Waals surface area contributed by atoms with Gasteiger partial charge in [-0.3, -0.25) is 4.79 Å². The number of rotatable bonds is 6. The van der Waals surface area contributed by atoms with E-state index in [2.05, 4.69) is 10.6 Å². The maximum Gasteiger partial charge on any atom is 0.267 e. The molecule has 2 rings (SSSR count). The summed E-state index contributed by atoms with van der Waals surface area (Å²) < 4.78 is 5.33. The van der Waals surface area contributed by atoms with E-state index >= 15 is 0 Å². The number of para-hydroxylation sites is 1. The second-order valence-corrected chi connectivity index (χ2v) is 5.11. The molecule has 0 heterocycles. The molecule has 0 aliphatic rings. The Hall–Kier alpha value is -2.97. The van der Waals surface area contributed by atoms with Crippen LogP contribution in [0.4, 0.5) is 11.4 Å². The molecule has 2 aromatic rings. The lowest BCUT2D eigenvalue weighted by Crippen LogP contribution is -2.14. The summed E-state index contributed by atoms with van der Waals surface area (Å²) in [6.07, 6.45) is 1.32. The van der Waals surface area contributed by atoms with Gasteiger partial charge in [0.1, 0.15) is 17.4 Å². The van der Waals surface area contributed by atoms with Crippen LogP contribution < -0.4 is 15.4 Å². The van der Waals surface area contributed by atoms with Gasteiger partial charge in [-0.05, 0) is 43.3 Å². The molecular weight excluding hydrogens is 326 g/mol. The highest BCUT2D eigenvalue weighted by atomic mass is 35.5. The van der Waals surface area contributed by atoms with Gasteiger partial charge >= 0.3 is 0 Å². The van der Waals surface area contributed by atoms with Crippen molar-refractivity contribution >= 4 is 28.9 Å². The minimum atomic E-state index is -0.513. The van der Waals surface area contributed by atoms with Crippen LogP contribution in [-0.2, 0) is 4.79 Å². The van der Waals surface area contributed by atoms with Crippen molar-refractivity contribution < 1.29 is 9.53 Å². The van der Waals surface area contributed by atoms with Gasteiger partial charge in [-0.2, -0.15) is 5.26 Å². The second kappa shape index (κ2) is 8.61. The molecule has 0 atom stereocenters. The van der Waals surface area contributed by atoms with E-state index in [1.54, 1.807) is 48.5 Å². The third kappa shape index (κ3) is 4.77. The molecule has 2 N–H and O–H groups in total. The molecule has 24 heavy (non-hydrogen) atoms. The summed E-state index contributed by atoms with van der Waals surface area (Å²) in [4.78, 5) is 12.2. The van der Waals surface area contributed by atoms with Crippen LogP contribution >= 0.6 is 11.6 Å². The van der Waals surface area contributed by atoms with Crippen LogP contribution in [-0.4, -0.2) is 12.5 Å². The van der Waals surface area contributed by atoms with Gasteiger partial charge in [0.25, 0.3) is 5.91 Å². The number of carbonyl (C=O) groups is 1. The van der Waals surface area contributed by atoms with Crippen molar-refractivity contribution in [2.24, 2.45) is 0 Å².